The molecule has 2 aromatic carbocycles. The van der Waals surface area contributed by atoms with Crippen molar-refractivity contribution in [1.29, 1.82) is 0 Å². The van der Waals surface area contributed by atoms with Crippen molar-refractivity contribution >= 4 is 16.7 Å². The van der Waals surface area contributed by atoms with Crippen LogP contribution in [0.5, 0.6) is 0 Å². The van der Waals surface area contributed by atoms with Crippen molar-refractivity contribution in [3.8, 4) is 0 Å². The number of hydrogen-bond acceptors (Lipinski definition) is 4. The van der Waals surface area contributed by atoms with Gasteiger partial charge in [0.05, 0.1) is 12.6 Å². The van der Waals surface area contributed by atoms with E-state index in [1.54, 1.807) is 7.05 Å². The first-order chi connectivity index (χ1) is 11.2. The highest BCUT2D eigenvalue weighted by molar-refractivity contribution is 5.93. The number of hydrogen-bond donors (Lipinski definition) is 2. The van der Waals surface area contributed by atoms with E-state index in [-0.39, 0.29) is 11.9 Å². The van der Waals surface area contributed by atoms with Crippen molar-refractivity contribution in [3.05, 3.63) is 65.9 Å². The van der Waals surface area contributed by atoms with Crippen LogP contribution < -0.4 is 10.6 Å². The summed E-state index contributed by atoms with van der Waals surface area (Å²) in [6.45, 7) is 2.46. The lowest BCUT2D eigenvalue weighted by Gasteiger charge is -2.15. The Morgan fingerprint density at radius 1 is 1.22 bits per heavy atom. The van der Waals surface area contributed by atoms with E-state index in [0.717, 1.165) is 16.3 Å². The molecule has 2 N–H and O–H groups in total. The van der Waals surface area contributed by atoms with Crippen LogP contribution in [0.3, 0.4) is 0 Å². The van der Waals surface area contributed by atoms with Crippen LogP contribution in [0.15, 0.2) is 53.1 Å². The molecule has 5 heteroatoms. The van der Waals surface area contributed by atoms with Crippen molar-refractivity contribution in [1.82, 2.24) is 15.6 Å². The third kappa shape index (κ3) is 3.24. The normalized spacial score (nSPS) is 12.3. The summed E-state index contributed by atoms with van der Waals surface area (Å²) in [6.07, 6.45) is 1.39. The van der Waals surface area contributed by atoms with Gasteiger partial charge in [-0.05, 0) is 30.3 Å². The van der Waals surface area contributed by atoms with Crippen LogP contribution in [0.1, 0.15) is 34.9 Å². The molecule has 1 aromatic heterocycles. The van der Waals surface area contributed by atoms with E-state index in [0.29, 0.717) is 18.1 Å². The molecule has 0 radical (unpaired) electrons. The largest absolute Gasteiger partial charge is 0.447 e. The maximum atomic E-state index is 12.3. The molecule has 1 unspecified atom stereocenters. The predicted octanol–water partition coefficient (Wildman–Crippen LogP) is 3.04. The summed E-state index contributed by atoms with van der Waals surface area (Å²) in [5, 5.41) is 8.21. The fourth-order valence-electron chi connectivity index (χ4n) is 2.62. The minimum atomic E-state index is -0.239. The number of aromatic nitrogens is 1. The second-order valence-corrected chi connectivity index (χ2v) is 5.42. The number of nitrogens with zero attached hydrogens (tertiary/aromatic N) is 1. The van der Waals surface area contributed by atoms with Crippen LogP contribution in [-0.2, 0) is 6.54 Å². The lowest BCUT2D eigenvalue weighted by atomic mass is 9.99. The molecule has 0 spiro atoms. The minimum absolute atomic E-state index is 0.127. The number of benzene rings is 2. The fraction of sp³-hybridized carbons (Fsp3) is 0.222. The van der Waals surface area contributed by atoms with Gasteiger partial charge in [0.25, 0.3) is 5.91 Å². The first-order valence-electron chi connectivity index (χ1n) is 7.56. The average Bonchev–Trinajstić information content (AvgIpc) is 3.03. The standard InChI is InChI=1S/C18H19N3O2/c1-12(14-9-5-7-13-6-3-4-8-15(13)14)20-18(22)16-11-23-17(21-16)10-19-2/h3-9,11-12,19H,10H2,1-2H3,(H,20,22). The van der Waals surface area contributed by atoms with Crippen LogP contribution in [0.4, 0.5) is 0 Å². The summed E-state index contributed by atoms with van der Waals surface area (Å²) in [5.74, 6) is 0.256. The van der Waals surface area contributed by atoms with Crippen molar-refractivity contribution in [3.63, 3.8) is 0 Å². The third-order valence-corrected chi connectivity index (χ3v) is 3.75. The number of carbonyl (C=O) groups excluding carboxylic acids is 1. The monoisotopic (exact) mass is 309 g/mol. The van der Waals surface area contributed by atoms with E-state index in [2.05, 4.69) is 33.8 Å². The molecule has 0 bridgehead atoms. The van der Waals surface area contributed by atoms with Gasteiger partial charge in [0.1, 0.15) is 6.26 Å². The zero-order chi connectivity index (χ0) is 16.2. The minimum Gasteiger partial charge on any atom is -0.447 e. The predicted molar refractivity (Wildman–Crippen MR) is 89.1 cm³/mol. The van der Waals surface area contributed by atoms with Crippen LogP contribution in [-0.4, -0.2) is 17.9 Å². The third-order valence-electron chi connectivity index (χ3n) is 3.75. The van der Waals surface area contributed by atoms with Gasteiger partial charge in [0.2, 0.25) is 5.89 Å². The Labute approximate surface area is 134 Å². The molecule has 1 amide bonds. The Balaban J connectivity index is 1.79. The van der Waals surface area contributed by atoms with Crippen molar-refractivity contribution < 1.29 is 9.21 Å². The highest BCUT2D eigenvalue weighted by Crippen LogP contribution is 2.24. The van der Waals surface area contributed by atoms with E-state index in [9.17, 15) is 4.79 Å². The quantitative estimate of drug-likeness (QED) is 0.760. The molecule has 3 aromatic rings. The Hall–Kier alpha value is -2.66. The van der Waals surface area contributed by atoms with Crippen molar-refractivity contribution in [2.75, 3.05) is 7.05 Å². The Morgan fingerprint density at radius 3 is 2.83 bits per heavy atom. The molecule has 5 nitrogen and oxygen atoms in total. The zero-order valence-electron chi connectivity index (χ0n) is 13.2. The lowest BCUT2D eigenvalue weighted by Crippen LogP contribution is -2.27. The van der Waals surface area contributed by atoms with E-state index in [4.69, 9.17) is 4.42 Å². The summed E-state index contributed by atoms with van der Waals surface area (Å²) in [7, 11) is 1.80. The average molecular weight is 309 g/mol. The van der Waals surface area contributed by atoms with E-state index < -0.39 is 0 Å². The van der Waals surface area contributed by atoms with Crippen LogP contribution >= 0.6 is 0 Å². The van der Waals surface area contributed by atoms with Gasteiger partial charge in [-0.2, -0.15) is 0 Å². The summed E-state index contributed by atoms with van der Waals surface area (Å²) in [5.41, 5.74) is 1.37. The first kappa shape index (κ1) is 15.2. The molecule has 118 valence electrons. The topological polar surface area (TPSA) is 67.2 Å². The van der Waals surface area contributed by atoms with Crippen LogP contribution in [0.2, 0.25) is 0 Å². The van der Waals surface area contributed by atoms with Gasteiger partial charge < -0.3 is 15.1 Å². The van der Waals surface area contributed by atoms with Crippen molar-refractivity contribution in [2.45, 2.75) is 19.5 Å². The second-order valence-electron chi connectivity index (χ2n) is 5.42. The summed E-state index contributed by atoms with van der Waals surface area (Å²) in [6, 6.07) is 14.1. The number of oxazole rings is 1. The highest BCUT2D eigenvalue weighted by Gasteiger charge is 2.16. The summed E-state index contributed by atoms with van der Waals surface area (Å²) < 4.78 is 5.25. The number of fused-ring (bicyclic) bond motifs is 1. The van der Waals surface area contributed by atoms with Gasteiger partial charge in [0.15, 0.2) is 5.69 Å². The van der Waals surface area contributed by atoms with Gasteiger partial charge in [-0.15, -0.1) is 0 Å². The maximum absolute atomic E-state index is 12.3. The van der Waals surface area contributed by atoms with Gasteiger partial charge >= 0.3 is 0 Å². The van der Waals surface area contributed by atoms with E-state index in [1.807, 2.05) is 31.2 Å². The molecule has 0 aliphatic carbocycles. The molecule has 1 atom stereocenters. The molecule has 0 saturated heterocycles. The summed E-state index contributed by atoms with van der Waals surface area (Å²) in [4.78, 5) is 16.5. The van der Waals surface area contributed by atoms with Gasteiger partial charge in [-0.25, -0.2) is 4.98 Å². The molecule has 0 aliphatic rings. The van der Waals surface area contributed by atoms with Gasteiger partial charge in [0, 0.05) is 0 Å². The molecule has 23 heavy (non-hydrogen) atoms. The number of amides is 1. The molecule has 1 heterocycles. The summed E-state index contributed by atoms with van der Waals surface area (Å²) >= 11 is 0. The Bertz CT molecular complexity index is 821. The first-order valence-corrected chi connectivity index (χ1v) is 7.56. The Morgan fingerprint density at radius 2 is 2.00 bits per heavy atom. The highest BCUT2D eigenvalue weighted by atomic mass is 16.3. The van der Waals surface area contributed by atoms with Gasteiger partial charge in [-0.1, -0.05) is 42.5 Å². The molecule has 3 rings (SSSR count). The smallest absolute Gasteiger partial charge is 0.273 e. The lowest BCUT2D eigenvalue weighted by molar-refractivity contribution is 0.0935. The molecular weight excluding hydrogens is 290 g/mol. The molecule has 0 aliphatic heterocycles. The SMILES string of the molecule is CNCc1nc(C(=O)NC(C)c2cccc3ccccc23)co1. The number of carbonyl (C=O) groups is 1. The van der Waals surface area contributed by atoms with E-state index >= 15 is 0 Å². The maximum Gasteiger partial charge on any atom is 0.273 e. The molecule has 0 saturated carbocycles. The van der Waals surface area contributed by atoms with E-state index in [1.165, 1.54) is 6.26 Å². The van der Waals surface area contributed by atoms with Crippen LogP contribution in [0, 0.1) is 0 Å². The number of nitrogens with one attached hydrogen (secondary N) is 2. The van der Waals surface area contributed by atoms with Gasteiger partial charge in [-0.3, -0.25) is 4.79 Å². The van der Waals surface area contributed by atoms with Crippen molar-refractivity contribution in [2.24, 2.45) is 0 Å². The number of rotatable bonds is 5. The zero-order valence-corrected chi connectivity index (χ0v) is 13.2. The molecule has 0 fully saturated rings. The molecular formula is C18H19N3O2. The Kier molecular flexibility index (Phi) is 4.39. The second kappa shape index (κ2) is 6.62. The fourth-order valence-corrected chi connectivity index (χ4v) is 2.62. The van der Waals surface area contributed by atoms with Crippen LogP contribution in [0.25, 0.3) is 10.8 Å².